The highest BCUT2D eigenvalue weighted by Gasteiger charge is 2.46. The van der Waals surface area contributed by atoms with Crippen molar-refractivity contribution in [2.75, 3.05) is 24.7 Å². The standard InChI is InChI=1S/C22H21F3N2O5S/c23-22(24,25)19(20(29)30)27-18(28)12-33-10-9-26-21(31)32-11-17-15-7-3-1-5-13(15)14-6-2-4-8-16(14)17/h1-8,17,19H,9-12H2,(H,26,31)(H,27,28)(H,29,30). The molecule has 0 aliphatic heterocycles. The van der Waals surface area contributed by atoms with Crippen molar-refractivity contribution in [2.24, 2.45) is 0 Å². The molecule has 0 fully saturated rings. The average Bonchev–Trinajstić information content (AvgIpc) is 3.08. The first-order valence-corrected chi connectivity index (χ1v) is 11.1. The summed E-state index contributed by atoms with van der Waals surface area (Å²) in [5, 5.41) is 12.5. The molecular weight excluding hydrogens is 461 g/mol. The van der Waals surface area contributed by atoms with Gasteiger partial charge in [0, 0.05) is 18.2 Å². The van der Waals surface area contributed by atoms with Crippen LogP contribution >= 0.6 is 11.8 Å². The quantitative estimate of drug-likeness (QED) is 0.474. The van der Waals surface area contributed by atoms with E-state index in [1.165, 1.54) is 5.32 Å². The minimum atomic E-state index is -5.09. The molecule has 1 aliphatic rings. The Kier molecular flexibility index (Phi) is 7.85. The molecule has 1 aliphatic carbocycles. The van der Waals surface area contributed by atoms with E-state index in [1.54, 1.807) is 0 Å². The first kappa shape index (κ1) is 24.4. The zero-order valence-corrected chi connectivity index (χ0v) is 18.0. The number of carbonyl (C=O) groups excluding carboxylic acids is 2. The van der Waals surface area contributed by atoms with E-state index in [4.69, 9.17) is 9.84 Å². The molecule has 3 N–H and O–H groups in total. The highest BCUT2D eigenvalue weighted by molar-refractivity contribution is 7.99. The van der Waals surface area contributed by atoms with Gasteiger partial charge in [-0.1, -0.05) is 48.5 Å². The molecule has 1 atom stereocenters. The highest BCUT2D eigenvalue weighted by atomic mass is 32.2. The molecular formula is C22H21F3N2O5S. The van der Waals surface area contributed by atoms with Crippen LogP contribution in [0.2, 0.25) is 0 Å². The average molecular weight is 482 g/mol. The van der Waals surface area contributed by atoms with Crippen LogP contribution in [0.25, 0.3) is 11.1 Å². The summed E-state index contributed by atoms with van der Waals surface area (Å²) in [5.74, 6) is -3.49. The van der Waals surface area contributed by atoms with Gasteiger partial charge in [0.25, 0.3) is 0 Å². The second kappa shape index (κ2) is 10.6. The molecule has 2 aromatic rings. The number of hydrogen-bond acceptors (Lipinski definition) is 5. The Morgan fingerprint density at radius 1 is 1.03 bits per heavy atom. The van der Waals surface area contributed by atoms with Gasteiger partial charge >= 0.3 is 18.2 Å². The maximum absolute atomic E-state index is 12.5. The van der Waals surface area contributed by atoms with Crippen molar-refractivity contribution in [1.82, 2.24) is 10.6 Å². The molecule has 0 heterocycles. The van der Waals surface area contributed by atoms with Gasteiger partial charge in [-0.3, -0.25) is 4.79 Å². The summed E-state index contributed by atoms with van der Waals surface area (Å²) < 4.78 is 43.0. The van der Waals surface area contributed by atoms with Crippen LogP contribution in [0, 0.1) is 0 Å². The number of ether oxygens (including phenoxy) is 1. The molecule has 0 bridgehead atoms. The third-order valence-corrected chi connectivity index (χ3v) is 5.93. The van der Waals surface area contributed by atoms with Gasteiger partial charge in [-0.2, -0.15) is 24.9 Å². The number of alkyl halides is 3. The van der Waals surface area contributed by atoms with Crippen LogP contribution in [0.3, 0.4) is 0 Å². The van der Waals surface area contributed by atoms with Gasteiger partial charge < -0.3 is 20.5 Å². The number of carbonyl (C=O) groups is 3. The third kappa shape index (κ3) is 6.19. The van der Waals surface area contributed by atoms with Crippen LogP contribution in [0.15, 0.2) is 48.5 Å². The van der Waals surface area contributed by atoms with Crippen LogP contribution in [-0.2, 0) is 14.3 Å². The number of rotatable bonds is 9. The normalized spacial score (nSPS) is 13.5. The summed E-state index contributed by atoms with van der Waals surface area (Å²) in [7, 11) is 0. The minimum absolute atomic E-state index is 0.0861. The first-order valence-electron chi connectivity index (χ1n) is 9.94. The van der Waals surface area contributed by atoms with Crippen molar-refractivity contribution in [1.29, 1.82) is 0 Å². The fourth-order valence-corrected chi connectivity index (χ4v) is 4.19. The summed E-state index contributed by atoms with van der Waals surface area (Å²) in [4.78, 5) is 34.2. The molecule has 0 radical (unpaired) electrons. The van der Waals surface area contributed by atoms with Gasteiger partial charge in [0.1, 0.15) is 6.61 Å². The van der Waals surface area contributed by atoms with Crippen LogP contribution in [0.4, 0.5) is 18.0 Å². The van der Waals surface area contributed by atoms with Gasteiger partial charge in [-0.15, -0.1) is 0 Å². The highest BCUT2D eigenvalue weighted by Crippen LogP contribution is 2.44. The van der Waals surface area contributed by atoms with E-state index in [0.29, 0.717) is 0 Å². The second-order valence-electron chi connectivity index (χ2n) is 7.19. The molecule has 176 valence electrons. The molecule has 1 unspecified atom stereocenters. The predicted molar refractivity (Wildman–Crippen MR) is 116 cm³/mol. The summed E-state index contributed by atoms with van der Waals surface area (Å²) in [6.07, 6.45) is -5.73. The van der Waals surface area contributed by atoms with Crippen molar-refractivity contribution in [2.45, 2.75) is 18.1 Å². The lowest BCUT2D eigenvalue weighted by atomic mass is 9.98. The van der Waals surface area contributed by atoms with E-state index in [9.17, 15) is 27.6 Å². The second-order valence-corrected chi connectivity index (χ2v) is 8.29. The number of carboxylic acids is 1. The van der Waals surface area contributed by atoms with Crippen LogP contribution < -0.4 is 10.6 Å². The molecule has 33 heavy (non-hydrogen) atoms. The van der Waals surface area contributed by atoms with Crippen molar-refractivity contribution < 1.29 is 37.4 Å². The molecule has 11 heteroatoms. The van der Waals surface area contributed by atoms with Crippen molar-refractivity contribution in [3.8, 4) is 11.1 Å². The number of fused-ring (bicyclic) bond motifs is 3. The van der Waals surface area contributed by atoms with Crippen LogP contribution in [0.1, 0.15) is 17.0 Å². The molecule has 2 amide bonds. The van der Waals surface area contributed by atoms with E-state index in [-0.39, 0.29) is 30.6 Å². The SMILES string of the molecule is O=C(CSCCNC(=O)OCC1c2ccccc2-c2ccccc21)NC(C(=O)O)C(F)(F)F. The number of hydrogen-bond donors (Lipinski definition) is 3. The Morgan fingerprint density at radius 3 is 2.15 bits per heavy atom. The van der Waals surface area contributed by atoms with E-state index in [1.807, 2.05) is 48.5 Å². The van der Waals surface area contributed by atoms with E-state index in [2.05, 4.69) is 5.32 Å². The molecule has 2 aromatic carbocycles. The fraction of sp³-hybridized carbons (Fsp3) is 0.318. The van der Waals surface area contributed by atoms with Crippen molar-refractivity contribution >= 4 is 29.7 Å². The van der Waals surface area contributed by atoms with Gasteiger partial charge in [0.2, 0.25) is 11.9 Å². The smallest absolute Gasteiger partial charge is 0.419 e. The third-order valence-electron chi connectivity index (χ3n) is 4.97. The van der Waals surface area contributed by atoms with E-state index in [0.717, 1.165) is 34.0 Å². The Morgan fingerprint density at radius 2 is 1.61 bits per heavy atom. The van der Waals surface area contributed by atoms with Gasteiger partial charge in [-0.25, -0.2) is 9.59 Å². The molecule has 0 aromatic heterocycles. The Balaban J connectivity index is 1.39. The lowest BCUT2D eigenvalue weighted by molar-refractivity contribution is -0.181. The molecule has 0 spiro atoms. The first-order chi connectivity index (χ1) is 15.7. The fourth-order valence-electron chi connectivity index (χ4n) is 3.53. The van der Waals surface area contributed by atoms with Crippen molar-refractivity contribution in [3.63, 3.8) is 0 Å². The molecule has 3 rings (SSSR count). The Hall–Kier alpha value is -3.21. The summed E-state index contributed by atoms with van der Waals surface area (Å²) >= 11 is 0.950. The number of carboxylic acid groups (broad SMARTS) is 1. The number of amides is 2. The topological polar surface area (TPSA) is 105 Å². The van der Waals surface area contributed by atoms with Gasteiger partial charge in [-0.05, 0) is 22.3 Å². The van der Waals surface area contributed by atoms with Crippen LogP contribution in [0.5, 0.6) is 0 Å². The number of halogens is 3. The zero-order chi connectivity index (χ0) is 24.0. The lowest BCUT2D eigenvalue weighted by Gasteiger charge is -2.17. The van der Waals surface area contributed by atoms with Gasteiger partial charge in [0.15, 0.2) is 0 Å². The van der Waals surface area contributed by atoms with E-state index >= 15 is 0 Å². The molecule has 0 saturated heterocycles. The van der Waals surface area contributed by atoms with E-state index < -0.39 is 30.2 Å². The Bertz CT molecular complexity index is 986. The number of thioether (sulfide) groups is 1. The number of aliphatic carboxylic acids is 1. The molecule has 7 nitrogen and oxygen atoms in total. The largest absolute Gasteiger partial charge is 0.479 e. The summed E-state index contributed by atoms with van der Waals surface area (Å²) in [6, 6.07) is 12.8. The predicted octanol–water partition coefficient (Wildman–Crippen LogP) is 3.39. The molecule has 0 saturated carbocycles. The minimum Gasteiger partial charge on any atom is -0.479 e. The monoisotopic (exact) mass is 482 g/mol. The Labute approximate surface area is 191 Å². The maximum atomic E-state index is 12.5. The number of nitrogens with one attached hydrogen (secondary N) is 2. The number of alkyl carbamates (subject to hydrolysis) is 1. The zero-order valence-electron chi connectivity index (χ0n) is 17.2. The lowest BCUT2D eigenvalue weighted by Crippen LogP contribution is -2.51. The summed E-state index contributed by atoms with van der Waals surface area (Å²) in [5.41, 5.74) is 4.36. The maximum Gasteiger partial charge on any atom is 0.419 e. The van der Waals surface area contributed by atoms with Gasteiger partial charge in [0.05, 0.1) is 5.75 Å². The number of benzene rings is 2. The summed E-state index contributed by atoms with van der Waals surface area (Å²) in [6.45, 7) is 0.264. The van der Waals surface area contributed by atoms with Crippen LogP contribution in [-0.4, -0.2) is 60.0 Å². The van der Waals surface area contributed by atoms with Crippen molar-refractivity contribution in [3.05, 3.63) is 59.7 Å².